The number of nitrogens with zero attached hydrogens (tertiary/aromatic N) is 2. The minimum absolute atomic E-state index is 0.685. The molecule has 1 N–H and O–H groups in total. The number of rotatable bonds is 0. The second kappa shape index (κ2) is 2.06. The predicted molar refractivity (Wildman–Crippen MR) is 35.1 cm³/mol. The van der Waals surface area contributed by atoms with Gasteiger partial charge < -0.3 is 4.89 Å². The summed E-state index contributed by atoms with van der Waals surface area (Å²) in [5.74, 6) is 0. The lowest BCUT2D eigenvalue weighted by Crippen LogP contribution is -2.11. The molecule has 0 aromatic carbocycles. The highest BCUT2D eigenvalue weighted by atomic mass is 31.2. The van der Waals surface area contributed by atoms with Crippen LogP contribution in [0.2, 0.25) is 0 Å². The van der Waals surface area contributed by atoms with Gasteiger partial charge in [0.25, 0.3) is 0 Å². The van der Waals surface area contributed by atoms with E-state index in [1.54, 1.807) is 14.1 Å². The van der Waals surface area contributed by atoms with Gasteiger partial charge in [-0.15, -0.1) is 0 Å². The van der Waals surface area contributed by atoms with E-state index in [4.69, 9.17) is 4.89 Å². The summed E-state index contributed by atoms with van der Waals surface area (Å²) >= 11 is 0. The molecule has 1 heterocycles. The Labute approximate surface area is 54.6 Å². The van der Waals surface area contributed by atoms with Crippen molar-refractivity contribution < 1.29 is 9.46 Å². The zero-order valence-corrected chi connectivity index (χ0v) is 6.51. The molecule has 0 atom stereocenters. The summed E-state index contributed by atoms with van der Waals surface area (Å²) in [6.07, 6.45) is 0. The summed E-state index contributed by atoms with van der Waals surface area (Å²) in [6, 6.07) is 0. The Kier molecular flexibility index (Phi) is 1.65. The zero-order valence-electron chi connectivity index (χ0n) is 5.61. The molecule has 0 saturated carbocycles. The van der Waals surface area contributed by atoms with E-state index in [0.29, 0.717) is 13.1 Å². The highest BCUT2D eigenvalue weighted by Crippen LogP contribution is 2.50. The van der Waals surface area contributed by atoms with Gasteiger partial charge in [0.15, 0.2) is 0 Å². The molecule has 1 aliphatic heterocycles. The Morgan fingerprint density at radius 3 is 1.78 bits per heavy atom. The van der Waals surface area contributed by atoms with Crippen LogP contribution in [0.3, 0.4) is 0 Å². The Balaban J connectivity index is 2.79. The first-order valence-electron chi connectivity index (χ1n) is 2.81. The highest BCUT2D eigenvalue weighted by Gasteiger charge is 2.35. The average Bonchev–Trinajstić information content (AvgIpc) is 1.96. The van der Waals surface area contributed by atoms with E-state index in [-0.39, 0.29) is 0 Å². The zero-order chi connectivity index (χ0) is 7.07. The van der Waals surface area contributed by atoms with Gasteiger partial charge in [-0.3, -0.25) is 4.57 Å². The number of hydrogen-bond acceptors (Lipinski definition) is 1. The third kappa shape index (κ3) is 1.03. The Morgan fingerprint density at radius 2 is 1.67 bits per heavy atom. The minimum atomic E-state index is -3.06. The molecule has 0 unspecified atom stereocenters. The molecule has 1 fully saturated rings. The van der Waals surface area contributed by atoms with Crippen LogP contribution in [-0.4, -0.2) is 41.4 Å². The van der Waals surface area contributed by atoms with E-state index >= 15 is 0 Å². The van der Waals surface area contributed by atoms with Gasteiger partial charge in [0.05, 0.1) is 0 Å². The maximum Gasteiger partial charge on any atom is 0.343 e. The molecule has 0 aromatic heterocycles. The van der Waals surface area contributed by atoms with Gasteiger partial charge in [-0.05, 0) is 14.1 Å². The van der Waals surface area contributed by atoms with Crippen molar-refractivity contribution in [1.82, 2.24) is 9.34 Å². The summed E-state index contributed by atoms with van der Waals surface area (Å²) in [5.41, 5.74) is 0. The van der Waals surface area contributed by atoms with Crippen LogP contribution in [0.5, 0.6) is 0 Å². The van der Waals surface area contributed by atoms with Crippen molar-refractivity contribution in [3.63, 3.8) is 0 Å². The van der Waals surface area contributed by atoms with Gasteiger partial charge in [0.2, 0.25) is 0 Å². The molecule has 0 amide bonds. The number of hydrogen-bond donors (Lipinski definition) is 1. The largest absolute Gasteiger partial charge is 0.343 e. The third-order valence-corrected chi connectivity index (χ3v) is 3.82. The molecule has 1 saturated heterocycles. The molecule has 0 aromatic rings. The molecule has 1 rings (SSSR count). The molecule has 54 valence electrons. The molecule has 9 heavy (non-hydrogen) atoms. The maximum atomic E-state index is 11.1. The second-order valence-corrected chi connectivity index (χ2v) is 4.67. The smallest absolute Gasteiger partial charge is 0.322 e. The fourth-order valence-electron chi connectivity index (χ4n) is 0.811. The first-order chi connectivity index (χ1) is 4.05. The molecule has 0 spiro atoms. The Morgan fingerprint density at radius 1 is 1.33 bits per heavy atom. The van der Waals surface area contributed by atoms with Crippen molar-refractivity contribution >= 4 is 7.67 Å². The maximum absolute atomic E-state index is 11.1. The Bertz CT molecular complexity index is 147. The lowest BCUT2D eigenvalue weighted by atomic mass is 10.6. The van der Waals surface area contributed by atoms with Crippen LogP contribution in [0, 0.1) is 0 Å². The van der Waals surface area contributed by atoms with Gasteiger partial charge in [-0.25, -0.2) is 9.34 Å². The van der Waals surface area contributed by atoms with E-state index in [9.17, 15) is 4.57 Å². The van der Waals surface area contributed by atoms with Crippen molar-refractivity contribution in [2.45, 2.75) is 0 Å². The van der Waals surface area contributed by atoms with Crippen LogP contribution in [-0.2, 0) is 4.57 Å². The standard InChI is InChI=1S/C4H11N2O2P/c1-5-3-4-6(2)9(5,7)8/h3-4H2,1-2H3,(H,7,8). The van der Waals surface area contributed by atoms with Crippen molar-refractivity contribution in [1.29, 1.82) is 0 Å². The molecule has 0 radical (unpaired) electrons. The molecule has 0 aliphatic carbocycles. The van der Waals surface area contributed by atoms with Crippen molar-refractivity contribution in [2.24, 2.45) is 0 Å². The Hall–Kier alpha value is 0.110. The highest BCUT2D eigenvalue weighted by molar-refractivity contribution is 7.53. The molecular weight excluding hydrogens is 139 g/mol. The van der Waals surface area contributed by atoms with Gasteiger partial charge in [0.1, 0.15) is 0 Å². The van der Waals surface area contributed by atoms with Crippen molar-refractivity contribution in [2.75, 3.05) is 27.2 Å². The van der Waals surface area contributed by atoms with E-state index in [0.717, 1.165) is 0 Å². The monoisotopic (exact) mass is 150 g/mol. The van der Waals surface area contributed by atoms with Crippen molar-refractivity contribution in [3.8, 4) is 0 Å². The molecule has 5 heteroatoms. The first-order valence-corrected chi connectivity index (χ1v) is 4.37. The van der Waals surface area contributed by atoms with Gasteiger partial charge in [0, 0.05) is 13.1 Å². The molecule has 4 nitrogen and oxygen atoms in total. The van der Waals surface area contributed by atoms with Gasteiger partial charge in [-0.2, -0.15) is 0 Å². The minimum Gasteiger partial charge on any atom is -0.322 e. The van der Waals surface area contributed by atoms with Crippen LogP contribution in [0.25, 0.3) is 0 Å². The van der Waals surface area contributed by atoms with Crippen LogP contribution in [0.15, 0.2) is 0 Å². The number of likely N-dealkylation sites (N-methyl/N-ethyl adjacent to an activating group) is 2. The van der Waals surface area contributed by atoms with E-state index in [2.05, 4.69) is 0 Å². The third-order valence-electron chi connectivity index (χ3n) is 1.64. The van der Waals surface area contributed by atoms with Gasteiger partial charge in [-0.1, -0.05) is 0 Å². The van der Waals surface area contributed by atoms with E-state index in [1.807, 2.05) is 0 Å². The average molecular weight is 150 g/mol. The van der Waals surface area contributed by atoms with Gasteiger partial charge >= 0.3 is 7.67 Å². The van der Waals surface area contributed by atoms with E-state index in [1.165, 1.54) is 9.34 Å². The summed E-state index contributed by atoms with van der Waals surface area (Å²) in [6.45, 7) is 1.37. The lowest BCUT2D eigenvalue weighted by Gasteiger charge is -2.17. The lowest BCUT2D eigenvalue weighted by molar-refractivity contribution is 0.379. The first kappa shape index (κ1) is 7.22. The summed E-state index contributed by atoms with van der Waals surface area (Å²) in [5, 5.41) is 0. The summed E-state index contributed by atoms with van der Waals surface area (Å²) in [4.78, 5) is 9.14. The predicted octanol–water partition coefficient (Wildman–Crippen LogP) is -0.0360. The molecular formula is C4H11N2O2P. The quantitative estimate of drug-likeness (QED) is 0.492. The van der Waals surface area contributed by atoms with Crippen molar-refractivity contribution in [3.05, 3.63) is 0 Å². The second-order valence-electron chi connectivity index (χ2n) is 2.28. The molecule has 0 bridgehead atoms. The van der Waals surface area contributed by atoms with E-state index < -0.39 is 7.67 Å². The fourth-order valence-corrected chi connectivity index (χ4v) is 2.03. The van der Waals surface area contributed by atoms with Crippen LogP contribution in [0.1, 0.15) is 0 Å². The molecule has 1 aliphatic rings. The SMILES string of the molecule is CN1CCN(C)P1(=O)O. The topological polar surface area (TPSA) is 43.8 Å². The summed E-state index contributed by atoms with van der Waals surface area (Å²) < 4.78 is 14.0. The van der Waals surface area contributed by atoms with Crippen LogP contribution >= 0.6 is 7.67 Å². The normalized spacial score (nSPS) is 29.2. The summed E-state index contributed by atoms with van der Waals surface area (Å²) in [7, 11) is 0.255. The van der Waals surface area contributed by atoms with Crippen LogP contribution in [0.4, 0.5) is 0 Å². The fraction of sp³-hybridized carbons (Fsp3) is 1.00. The van der Waals surface area contributed by atoms with Crippen LogP contribution < -0.4 is 0 Å².